The molecule has 3 aliphatic heterocycles. The average Bonchev–Trinajstić information content (AvgIpc) is 3.27. The molecule has 7 rings (SSSR count). The molecule has 3 N–H and O–H groups in total. The number of phosphoric acid groups is 1. The molecular weight excluding hydrogens is 427 g/mol. The van der Waals surface area contributed by atoms with Crippen molar-refractivity contribution in [2.45, 2.75) is 69.5 Å². The van der Waals surface area contributed by atoms with Crippen molar-refractivity contribution in [3.8, 4) is 0 Å². The van der Waals surface area contributed by atoms with Gasteiger partial charge in [0.1, 0.15) is 12.2 Å². The summed E-state index contributed by atoms with van der Waals surface area (Å²) in [6, 6.07) is 0. The number of hydrogen-bond acceptors (Lipinski definition) is 9. The van der Waals surface area contributed by atoms with Gasteiger partial charge in [-0.3, -0.25) is 14.1 Å². The molecule has 6 fully saturated rings. The lowest BCUT2D eigenvalue weighted by atomic mass is 9.44. The van der Waals surface area contributed by atoms with Crippen molar-refractivity contribution in [2.75, 3.05) is 6.61 Å². The van der Waals surface area contributed by atoms with Crippen LogP contribution in [0.5, 0.6) is 0 Å². The van der Waals surface area contributed by atoms with Crippen LogP contribution in [0.2, 0.25) is 0 Å². The first-order valence-corrected chi connectivity index (χ1v) is 12.4. The maximum atomic E-state index is 12.7. The average molecular weight is 454 g/mol. The first-order chi connectivity index (χ1) is 14.5. The zero-order valence-electron chi connectivity index (χ0n) is 17.4. The van der Waals surface area contributed by atoms with E-state index in [4.69, 9.17) is 13.6 Å². The number of ketones is 2. The van der Waals surface area contributed by atoms with Crippen LogP contribution in [-0.2, 0) is 27.7 Å². The second-order valence-electron chi connectivity index (χ2n) is 10.6. The summed E-state index contributed by atoms with van der Waals surface area (Å²) in [5.74, 6) is -2.99. The molecule has 3 heterocycles. The van der Waals surface area contributed by atoms with Crippen LogP contribution in [0, 0.1) is 28.6 Å². The number of phosphoric ester groups is 1. The van der Waals surface area contributed by atoms with Gasteiger partial charge < -0.3 is 15.3 Å². The Labute approximate surface area is 179 Å². The molecular formula is C21H27O9P. The van der Waals surface area contributed by atoms with Crippen molar-refractivity contribution >= 4 is 19.4 Å². The summed E-state index contributed by atoms with van der Waals surface area (Å²) < 4.78 is 29.2. The lowest BCUT2D eigenvalue weighted by Crippen LogP contribution is -2.70. The van der Waals surface area contributed by atoms with Crippen LogP contribution in [-0.4, -0.2) is 57.1 Å². The first-order valence-electron chi connectivity index (χ1n) is 11.0. The van der Waals surface area contributed by atoms with Crippen molar-refractivity contribution in [2.24, 2.45) is 28.6 Å². The van der Waals surface area contributed by atoms with Gasteiger partial charge in [-0.15, -0.1) is 0 Å². The Balaban J connectivity index is 1.46. The van der Waals surface area contributed by atoms with E-state index in [0.717, 1.165) is 5.57 Å². The summed E-state index contributed by atoms with van der Waals surface area (Å²) in [7, 11) is -3.75. The third-order valence-corrected chi connectivity index (χ3v) is 11.1. The molecule has 10 heteroatoms. The highest BCUT2D eigenvalue weighted by atomic mass is 31.2. The van der Waals surface area contributed by atoms with Gasteiger partial charge in [0.15, 0.2) is 17.7 Å². The zero-order valence-corrected chi connectivity index (χ0v) is 18.3. The summed E-state index contributed by atoms with van der Waals surface area (Å²) in [6.45, 7) is 2.98. The summed E-state index contributed by atoms with van der Waals surface area (Å²) >= 11 is 0. The highest BCUT2D eigenvalue weighted by Crippen LogP contribution is 2.83. The highest BCUT2D eigenvalue weighted by molar-refractivity contribution is 7.50. The van der Waals surface area contributed by atoms with Gasteiger partial charge in [-0.1, -0.05) is 19.4 Å². The molecule has 2 bridgehead atoms. The van der Waals surface area contributed by atoms with Gasteiger partial charge in [0.25, 0.3) is 0 Å². The number of carbonyl (C=O) groups excluding carboxylic acids is 2. The van der Waals surface area contributed by atoms with Crippen LogP contribution in [0.25, 0.3) is 0 Å². The molecule has 1 spiro atoms. The number of aliphatic hydroxyl groups excluding tert-OH is 2. The predicted octanol–water partition coefficient (Wildman–Crippen LogP) is 1.25. The van der Waals surface area contributed by atoms with Crippen molar-refractivity contribution in [1.29, 1.82) is 0 Å². The smallest absolute Gasteiger partial charge is 0.393 e. The Morgan fingerprint density at radius 2 is 2.00 bits per heavy atom. The maximum Gasteiger partial charge on any atom is 0.481 e. The Bertz CT molecular complexity index is 981. The standard InChI is InChI=1S/C21H27O9P/c1-18-8-14(24)16-11(12(18)5-6-20(18,26)15(25)9-22)4-3-10-7-13(23)17-21(19(10,16)2)29-31(27,28-17)30-21/h7,11-12,14,16-17,22,24,26H,3-6,8-9H2,1-2H3/t11-,12-,14-,16+,17?,18-,19-,20-,21?,31?/m0/s1. The van der Waals surface area contributed by atoms with E-state index in [1.807, 2.05) is 13.8 Å². The van der Waals surface area contributed by atoms with Gasteiger partial charge >= 0.3 is 7.82 Å². The number of hydrogen-bond donors (Lipinski definition) is 3. The predicted molar refractivity (Wildman–Crippen MR) is 103 cm³/mol. The SMILES string of the molecule is C[C@@]12C(=CC(=O)C3OP4(=O)OC31O4)CC[C@@H]1[C@@H]2[C@@H](O)C[C@@]2(C)[C@H]1CC[C@]2(O)C(=O)CO. The van der Waals surface area contributed by atoms with Crippen LogP contribution < -0.4 is 0 Å². The molecule has 0 aromatic rings. The minimum absolute atomic E-state index is 0.0681. The molecule has 170 valence electrons. The van der Waals surface area contributed by atoms with Crippen molar-refractivity contribution in [3.63, 3.8) is 0 Å². The highest BCUT2D eigenvalue weighted by Gasteiger charge is 2.84. The van der Waals surface area contributed by atoms with Gasteiger partial charge in [-0.05, 0) is 50.0 Å². The summed E-state index contributed by atoms with van der Waals surface area (Å²) in [4.78, 5) is 25.2. The van der Waals surface area contributed by atoms with Crippen molar-refractivity contribution in [3.05, 3.63) is 11.6 Å². The minimum atomic E-state index is -3.75. The molecule has 0 amide bonds. The van der Waals surface area contributed by atoms with Gasteiger partial charge in [-0.2, -0.15) is 0 Å². The number of fused-ring (bicyclic) bond motifs is 5. The largest absolute Gasteiger partial charge is 0.481 e. The van der Waals surface area contributed by atoms with Crippen LogP contribution in [0.15, 0.2) is 11.6 Å². The number of carbonyl (C=O) groups is 2. The third kappa shape index (κ3) is 2.04. The number of aliphatic hydroxyl groups is 3. The number of rotatable bonds is 2. The second-order valence-corrected chi connectivity index (χ2v) is 12.0. The lowest BCUT2D eigenvalue weighted by Gasteiger charge is -2.64. The summed E-state index contributed by atoms with van der Waals surface area (Å²) in [5, 5.41) is 32.2. The molecule has 8 atom stereocenters. The normalized spacial score (nSPS) is 59.1. The van der Waals surface area contributed by atoms with E-state index >= 15 is 0 Å². The summed E-state index contributed by atoms with van der Waals surface area (Å²) in [5.41, 5.74) is -2.69. The molecule has 3 saturated heterocycles. The molecule has 3 saturated carbocycles. The Morgan fingerprint density at radius 3 is 2.68 bits per heavy atom. The monoisotopic (exact) mass is 454 g/mol. The van der Waals surface area contributed by atoms with E-state index in [1.54, 1.807) is 0 Å². The van der Waals surface area contributed by atoms with E-state index < -0.39 is 54.6 Å². The summed E-state index contributed by atoms with van der Waals surface area (Å²) in [6.07, 6.45) is 1.73. The third-order valence-electron chi connectivity index (χ3n) is 9.67. The Morgan fingerprint density at radius 1 is 1.29 bits per heavy atom. The van der Waals surface area contributed by atoms with Crippen molar-refractivity contribution < 1.29 is 43.0 Å². The molecule has 1 unspecified atom stereocenters. The van der Waals surface area contributed by atoms with Gasteiger partial charge in [-0.25, -0.2) is 13.6 Å². The minimum Gasteiger partial charge on any atom is -0.393 e. The fraction of sp³-hybridized carbons (Fsp3) is 0.810. The number of Topliss-reactive ketones (excluding diaryl/α,β-unsaturated/α-hetero) is 1. The fourth-order valence-corrected chi connectivity index (χ4v) is 10.1. The van der Waals surface area contributed by atoms with Crippen LogP contribution in [0.3, 0.4) is 0 Å². The second kappa shape index (κ2) is 5.76. The molecule has 0 radical (unpaired) electrons. The van der Waals surface area contributed by atoms with Gasteiger partial charge in [0.05, 0.1) is 11.5 Å². The maximum absolute atomic E-state index is 12.7. The van der Waals surface area contributed by atoms with Crippen LogP contribution in [0.1, 0.15) is 46.0 Å². The van der Waals surface area contributed by atoms with Gasteiger partial charge in [0.2, 0.25) is 5.79 Å². The quantitative estimate of drug-likeness (QED) is 0.526. The van der Waals surface area contributed by atoms with E-state index in [2.05, 4.69) is 0 Å². The molecule has 9 nitrogen and oxygen atoms in total. The molecule has 7 aliphatic rings. The molecule has 31 heavy (non-hydrogen) atoms. The topological polar surface area (TPSA) is 140 Å². The molecule has 0 aromatic carbocycles. The van der Waals surface area contributed by atoms with Crippen LogP contribution in [0.4, 0.5) is 0 Å². The van der Waals surface area contributed by atoms with Crippen molar-refractivity contribution in [1.82, 2.24) is 0 Å². The van der Waals surface area contributed by atoms with E-state index in [9.17, 15) is 29.5 Å². The van der Waals surface area contributed by atoms with E-state index in [0.29, 0.717) is 19.3 Å². The zero-order chi connectivity index (χ0) is 22.2. The lowest BCUT2D eigenvalue weighted by molar-refractivity contribution is -0.287. The van der Waals surface area contributed by atoms with E-state index in [-0.39, 0.29) is 36.4 Å². The Kier molecular flexibility index (Phi) is 3.84. The van der Waals surface area contributed by atoms with Crippen LogP contribution >= 0.6 is 7.82 Å². The molecule has 4 aliphatic carbocycles. The van der Waals surface area contributed by atoms with Gasteiger partial charge in [0, 0.05) is 11.3 Å². The van der Waals surface area contributed by atoms with E-state index in [1.165, 1.54) is 6.08 Å². The first kappa shape index (κ1) is 20.7. The Hall–Kier alpha value is -0.930. The molecule has 0 aromatic heterocycles. The fourth-order valence-electron chi connectivity index (χ4n) is 8.26.